The van der Waals surface area contributed by atoms with E-state index < -0.39 is 0 Å². The highest BCUT2D eigenvalue weighted by Crippen LogP contribution is 2.31. The van der Waals surface area contributed by atoms with Crippen molar-refractivity contribution in [2.45, 2.75) is 52.1 Å². The molecule has 0 aliphatic heterocycles. The van der Waals surface area contributed by atoms with E-state index in [1.54, 1.807) is 0 Å². The summed E-state index contributed by atoms with van der Waals surface area (Å²) in [5.41, 5.74) is 0.974. The van der Waals surface area contributed by atoms with Crippen molar-refractivity contribution in [3.63, 3.8) is 0 Å². The number of hydrogen-bond donors (Lipinski definition) is 2. The minimum Gasteiger partial charge on any atom is -0.506 e. The topological polar surface area (TPSA) is 32.3 Å². The van der Waals surface area contributed by atoms with Crippen LogP contribution in [0.5, 0.6) is 5.75 Å². The molecule has 2 nitrogen and oxygen atoms in total. The second-order valence-corrected chi connectivity index (χ2v) is 6.78. The molecule has 106 valence electrons. The lowest BCUT2D eigenvalue weighted by Gasteiger charge is -2.35. The Morgan fingerprint density at radius 1 is 1.32 bits per heavy atom. The SMILES string of the molecule is CC(C)C1CCCCC1NCc1cccc(Br)c1O. The molecule has 19 heavy (non-hydrogen) atoms. The van der Waals surface area contributed by atoms with Crippen LogP contribution in [0.25, 0.3) is 0 Å². The third kappa shape index (κ3) is 3.73. The largest absolute Gasteiger partial charge is 0.506 e. The molecule has 0 radical (unpaired) electrons. The maximum atomic E-state index is 10.0. The van der Waals surface area contributed by atoms with E-state index in [0.717, 1.165) is 28.4 Å². The van der Waals surface area contributed by atoms with Gasteiger partial charge in [0.05, 0.1) is 4.47 Å². The van der Waals surface area contributed by atoms with Crippen LogP contribution in [0, 0.1) is 11.8 Å². The second-order valence-electron chi connectivity index (χ2n) is 5.93. The molecule has 1 aliphatic rings. The zero-order valence-electron chi connectivity index (χ0n) is 11.8. The number of phenols is 1. The van der Waals surface area contributed by atoms with E-state index >= 15 is 0 Å². The molecule has 1 aromatic carbocycles. The van der Waals surface area contributed by atoms with Crippen LogP contribution in [0.1, 0.15) is 45.1 Å². The first-order chi connectivity index (χ1) is 9.09. The predicted octanol–water partition coefficient (Wildman–Crippen LogP) is 4.46. The molecule has 2 unspecified atom stereocenters. The average molecular weight is 326 g/mol. The molecule has 0 aromatic heterocycles. The average Bonchev–Trinajstić information content (AvgIpc) is 2.40. The highest BCUT2D eigenvalue weighted by molar-refractivity contribution is 9.10. The van der Waals surface area contributed by atoms with Gasteiger partial charge in [0.1, 0.15) is 5.75 Å². The minimum absolute atomic E-state index is 0.368. The third-order valence-corrected chi connectivity index (χ3v) is 4.94. The fourth-order valence-corrected chi connectivity index (χ4v) is 3.56. The zero-order valence-corrected chi connectivity index (χ0v) is 13.4. The van der Waals surface area contributed by atoms with Crippen molar-refractivity contribution in [1.29, 1.82) is 0 Å². The minimum atomic E-state index is 0.368. The van der Waals surface area contributed by atoms with E-state index in [9.17, 15) is 5.11 Å². The van der Waals surface area contributed by atoms with Crippen LogP contribution < -0.4 is 5.32 Å². The molecule has 1 saturated carbocycles. The number of rotatable bonds is 4. The van der Waals surface area contributed by atoms with E-state index in [1.807, 2.05) is 18.2 Å². The summed E-state index contributed by atoms with van der Waals surface area (Å²) in [4.78, 5) is 0. The molecule has 3 heteroatoms. The lowest BCUT2D eigenvalue weighted by atomic mass is 9.78. The van der Waals surface area contributed by atoms with E-state index in [4.69, 9.17) is 0 Å². The Kier molecular flexibility index (Phi) is 5.28. The van der Waals surface area contributed by atoms with Gasteiger partial charge in [0.15, 0.2) is 0 Å². The molecular formula is C16H24BrNO. The van der Waals surface area contributed by atoms with E-state index in [0.29, 0.717) is 11.8 Å². The molecule has 0 saturated heterocycles. The molecule has 1 fully saturated rings. The van der Waals surface area contributed by atoms with Crippen molar-refractivity contribution in [3.05, 3.63) is 28.2 Å². The van der Waals surface area contributed by atoms with E-state index in [1.165, 1.54) is 25.7 Å². The van der Waals surface area contributed by atoms with Crippen LogP contribution in [0.15, 0.2) is 22.7 Å². The summed E-state index contributed by atoms with van der Waals surface area (Å²) in [7, 11) is 0. The predicted molar refractivity (Wildman–Crippen MR) is 83.2 cm³/mol. The molecule has 0 bridgehead atoms. The molecule has 0 amide bonds. The Morgan fingerprint density at radius 2 is 2.05 bits per heavy atom. The molecule has 2 N–H and O–H groups in total. The van der Waals surface area contributed by atoms with Crippen molar-refractivity contribution < 1.29 is 5.11 Å². The number of hydrogen-bond acceptors (Lipinski definition) is 2. The molecular weight excluding hydrogens is 302 g/mol. The summed E-state index contributed by atoms with van der Waals surface area (Å²) in [6.45, 7) is 5.39. The fraction of sp³-hybridized carbons (Fsp3) is 0.625. The maximum Gasteiger partial charge on any atom is 0.134 e. The number of halogens is 1. The molecule has 2 rings (SSSR count). The van der Waals surface area contributed by atoms with Crippen molar-refractivity contribution in [3.8, 4) is 5.75 Å². The van der Waals surface area contributed by atoms with Crippen molar-refractivity contribution in [1.82, 2.24) is 5.32 Å². The molecule has 1 aliphatic carbocycles. The monoisotopic (exact) mass is 325 g/mol. The van der Waals surface area contributed by atoms with Gasteiger partial charge in [0.2, 0.25) is 0 Å². The number of nitrogens with one attached hydrogen (secondary N) is 1. The normalized spacial score (nSPS) is 23.8. The van der Waals surface area contributed by atoms with Gasteiger partial charge in [-0.2, -0.15) is 0 Å². The van der Waals surface area contributed by atoms with Gasteiger partial charge in [0.25, 0.3) is 0 Å². The highest BCUT2D eigenvalue weighted by Gasteiger charge is 2.27. The van der Waals surface area contributed by atoms with Crippen LogP contribution in [0.4, 0.5) is 0 Å². The fourth-order valence-electron chi connectivity index (χ4n) is 3.15. The van der Waals surface area contributed by atoms with Gasteiger partial charge in [-0.3, -0.25) is 0 Å². The quantitative estimate of drug-likeness (QED) is 0.856. The summed E-state index contributed by atoms with van der Waals surface area (Å²) in [5.74, 6) is 1.86. The van der Waals surface area contributed by atoms with Gasteiger partial charge in [-0.15, -0.1) is 0 Å². The first-order valence-corrected chi connectivity index (χ1v) is 8.08. The summed E-state index contributed by atoms with van der Waals surface area (Å²) in [6.07, 6.45) is 5.28. The van der Waals surface area contributed by atoms with E-state index in [2.05, 4.69) is 35.1 Å². The van der Waals surface area contributed by atoms with Crippen LogP contribution in [-0.2, 0) is 6.54 Å². The van der Waals surface area contributed by atoms with Crippen LogP contribution in [-0.4, -0.2) is 11.1 Å². The van der Waals surface area contributed by atoms with Crippen molar-refractivity contribution >= 4 is 15.9 Å². The Labute approximate surface area is 124 Å². The lowest BCUT2D eigenvalue weighted by molar-refractivity contribution is 0.204. The maximum absolute atomic E-state index is 10.0. The van der Waals surface area contributed by atoms with Gasteiger partial charge >= 0.3 is 0 Å². The zero-order chi connectivity index (χ0) is 13.8. The first-order valence-electron chi connectivity index (χ1n) is 7.29. The summed E-state index contributed by atoms with van der Waals surface area (Å²) in [6, 6.07) is 6.42. The number of aromatic hydroxyl groups is 1. The highest BCUT2D eigenvalue weighted by atomic mass is 79.9. The summed E-state index contributed by atoms with van der Waals surface area (Å²) >= 11 is 3.37. The van der Waals surface area contributed by atoms with Crippen LogP contribution >= 0.6 is 15.9 Å². The number of benzene rings is 1. The molecule has 0 heterocycles. The van der Waals surface area contributed by atoms with Gasteiger partial charge in [-0.05, 0) is 46.7 Å². The first kappa shape index (κ1) is 14.9. The van der Waals surface area contributed by atoms with Gasteiger partial charge < -0.3 is 10.4 Å². The van der Waals surface area contributed by atoms with Crippen LogP contribution in [0.3, 0.4) is 0 Å². The Hall–Kier alpha value is -0.540. The van der Waals surface area contributed by atoms with Gasteiger partial charge in [0, 0.05) is 18.2 Å². The molecule has 2 atom stereocenters. The molecule has 0 spiro atoms. The Morgan fingerprint density at radius 3 is 2.79 bits per heavy atom. The summed E-state index contributed by atoms with van der Waals surface area (Å²) in [5, 5.41) is 13.7. The lowest BCUT2D eigenvalue weighted by Crippen LogP contribution is -2.40. The number of phenolic OH excluding ortho intramolecular Hbond substituents is 1. The second kappa shape index (κ2) is 6.76. The Bertz CT molecular complexity index is 419. The number of para-hydroxylation sites is 1. The smallest absolute Gasteiger partial charge is 0.134 e. The van der Waals surface area contributed by atoms with Crippen molar-refractivity contribution in [2.75, 3.05) is 0 Å². The van der Waals surface area contributed by atoms with E-state index in [-0.39, 0.29) is 0 Å². The third-order valence-electron chi connectivity index (χ3n) is 4.30. The van der Waals surface area contributed by atoms with Crippen molar-refractivity contribution in [2.24, 2.45) is 11.8 Å². The van der Waals surface area contributed by atoms with Gasteiger partial charge in [-0.1, -0.05) is 38.8 Å². The van der Waals surface area contributed by atoms with Gasteiger partial charge in [-0.25, -0.2) is 0 Å². The summed E-state index contributed by atoms with van der Waals surface area (Å²) < 4.78 is 0.774. The van der Waals surface area contributed by atoms with Crippen LogP contribution in [0.2, 0.25) is 0 Å². The molecule has 1 aromatic rings. The Balaban J connectivity index is 1.98. The standard InChI is InChI=1S/C16H24BrNO/c1-11(2)13-7-3-4-9-15(13)18-10-12-6-5-8-14(17)16(12)19/h5-6,8,11,13,15,18-19H,3-4,7,9-10H2,1-2H3.